The second-order valence-electron chi connectivity index (χ2n) is 3.83. The van der Waals surface area contributed by atoms with E-state index in [1.165, 1.54) is 0 Å². The molecule has 1 aliphatic heterocycles. The smallest absolute Gasteiger partial charge is 0.377 e. The van der Waals surface area contributed by atoms with E-state index in [9.17, 15) is 13.6 Å². The third-order valence-corrected chi connectivity index (χ3v) is 2.91. The van der Waals surface area contributed by atoms with Gasteiger partial charge in [-0.15, -0.1) is 0 Å². The fourth-order valence-corrected chi connectivity index (χ4v) is 1.99. The van der Waals surface area contributed by atoms with E-state index in [1.54, 1.807) is 6.07 Å². The molecule has 92 valence electrons. The second kappa shape index (κ2) is 4.60. The SMILES string of the molecule is O=C1OC(CNc2cccc(Br)c2)CC1(F)F. The lowest BCUT2D eigenvalue weighted by Crippen LogP contribution is -2.22. The van der Waals surface area contributed by atoms with Gasteiger partial charge in [-0.25, -0.2) is 4.79 Å². The van der Waals surface area contributed by atoms with E-state index in [0.717, 1.165) is 10.2 Å². The quantitative estimate of drug-likeness (QED) is 0.873. The lowest BCUT2D eigenvalue weighted by atomic mass is 10.2. The maximum absolute atomic E-state index is 12.9. The van der Waals surface area contributed by atoms with Gasteiger partial charge in [-0.05, 0) is 18.2 Å². The molecule has 6 heteroatoms. The summed E-state index contributed by atoms with van der Waals surface area (Å²) < 4.78 is 31.2. The first-order chi connectivity index (χ1) is 7.97. The summed E-state index contributed by atoms with van der Waals surface area (Å²) in [5.41, 5.74) is 0.783. The van der Waals surface area contributed by atoms with Gasteiger partial charge >= 0.3 is 11.9 Å². The van der Waals surface area contributed by atoms with Gasteiger partial charge in [0.2, 0.25) is 0 Å². The van der Waals surface area contributed by atoms with Gasteiger partial charge in [-0.3, -0.25) is 0 Å². The number of cyclic esters (lactones) is 1. The summed E-state index contributed by atoms with van der Waals surface area (Å²) in [4.78, 5) is 10.8. The average Bonchev–Trinajstić information content (AvgIpc) is 2.50. The lowest BCUT2D eigenvalue weighted by molar-refractivity contribution is -0.158. The molecule has 0 amide bonds. The minimum atomic E-state index is -3.34. The van der Waals surface area contributed by atoms with E-state index in [4.69, 9.17) is 0 Å². The van der Waals surface area contributed by atoms with Crippen molar-refractivity contribution in [2.75, 3.05) is 11.9 Å². The standard InChI is InChI=1S/C11H10BrF2NO2/c12-7-2-1-3-8(4-7)15-6-9-5-11(13,14)10(16)17-9/h1-4,9,15H,5-6H2. The van der Waals surface area contributed by atoms with Gasteiger partial charge in [0, 0.05) is 10.2 Å². The number of esters is 1. The number of ether oxygens (including phenoxy) is 1. The number of alkyl halides is 2. The molecule has 3 nitrogen and oxygen atoms in total. The normalized spacial score (nSPS) is 22.3. The van der Waals surface area contributed by atoms with E-state index >= 15 is 0 Å². The summed E-state index contributed by atoms with van der Waals surface area (Å²) in [6, 6.07) is 7.30. The van der Waals surface area contributed by atoms with E-state index in [2.05, 4.69) is 26.0 Å². The van der Waals surface area contributed by atoms with E-state index in [1.807, 2.05) is 18.2 Å². The first-order valence-corrected chi connectivity index (χ1v) is 5.85. The highest BCUT2D eigenvalue weighted by molar-refractivity contribution is 9.10. The molecule has 2 rings (SSSR count). The first-order valence-electron chi connectivity index (χ1n) is 5.06. The monoisotopic (exact) mass is 305 g/mol. The second-order valence-corrected chi connectivity index (χ2v) is 4.74. The van der Waals surface area contributed by atoms with Crippen LogP contribution in [0.25, 0.3) is 0 Å². The molecular weight excluding hydrogens is 296 g/mol. The third kappa shape index (κ3) is 2.94. The number of benzene rings is 1. The van der Waals surface area contributed by atoms with Crippen molar-refractivity contribution in [3.63, 3.8) is 0 Å². The van der Waals surface area contributed by atoms with Crippen LogP contribution >= 0.6 is 15.9 Å². The van der Waals surface area contributed by atoms with Crippen molar-refractivity contribution < 1.29 is 18.3 Å². The Morgan fingerprint density at radius 1 is 1.53 bits per heavy atom. The van der Waals surface area contributed by atoms with Crippen LogP contribution in [0.1, 0.15) is 6.42 Å². The van der Waals surface area contributed by atoms with Gasteiger partial charge in [0.25, 0.3) is 0 Å². The molecular formula is C11H10BrF2NO2. The molecule has 1 heterocycles. The van der Waals surface area contributed by atoms with Crippen molar-refractivity contribution in [3.05, 3.63) is 28.7 Å². The van der Waals surface area contributed by atoms with Crippen molar-refractivity contribution in [3.8, 4) is 0 Å². The summed E-state index contributed by atoms with van der Waals surface area (Å²) in [6.45, 7) is 0.178. The number of anilines is 1. The molecule has 1 aromatic rings. The highest BCUT2D eigenvalue weighted by atomic mass is 79.9. The Balaban J connectivity index is 1.90. The van der Waals surface area contributed by atoms with E-state index in [0.29, 0.717) is 0 Å². The van der Waals surface area contributed by atoms with Crippen molar-refractivity contribution in [1.82, 2.24) is 0 Å². The molecule has 17 heavy (non-hydrogen) atoms. The number of carbonyl (C=O) groups is 1. The number of hydrogen-bond acceptors (Lipinski definition) is 3. The van der Waals surface area contributed by atoms with Crippen molar-refractivity contribution >= 4 is 27.6 Å². The van der Waals surface area contributed by atoms with Crippen LogP contribution in [0.3, 0.4) is 0 Å². The van der Waals surface area contributed by atoms with E-state index < -0.39 is 24.4 Å². The fourth-order valence-electron chi connectivity index (χ4n) is 1.59. The molecule has 0 radical (unpaired) electrons. The molecule has 0 bridgehead atoms. The maximum atomic E-state index is 12.9. The molecule has 1 saturated heterocycles. The summed E-state index contributed by atoms with van der Waals surface area (Å²) >= 11 is 3.30. The Bertz CT molecular complexity index is 439. The molecule has 1 N–H and O–H groups in total. The molecule has 1 atom stereocenters. The van der Waals surface area contributed by atoms with Gasteiger partial charge in [0.1, 0.15) is 6.10 Å². The Hall–Kier alpha value is -1.17. The van der Waals surface area contributed by atoms with Crippen LogP contribution in [0, 0.1) is 0 Å². The molecule has 1 aromatic carbocycles. The van der Waals surface area contributed by atoms with Gasteiger partial charge < -0.3 is 10.1 Å². The molecule has 0 spiro atoms. The highest BCUT2D eigenvalue weighted by Gasteiger charge is 2.50. The van der Waals surface area contributed by atoms with Crippen LogP contribution in [0.2, 0.25) is 0 Å². The number of carbonyl (C=O) groups excluding carboxylic acids is 1. The predicted molar refractivity (Wildman–Crippen MR) is 62.1 cm³/mol. The Morgan fingerprint density at radius 2 is 2.29 bits per heavy atom. The van der Waals surface area contributed by atoms with E-state index in [-0.39, 0.29) is 6.54 Å². The van der Waals surface area contributed by atoms with Crippen LogP contribution in [0.4, 0.5) is 14.5 Å². The minimum absolute atomic E-state index is 0.178. The predicted octanol–water partition coefficient (Wildman–Crippen LogP) is 2.81. The number of halogens is 3. The fraction of sp³-hybridized carbons (Fsp3) is 0.364. The summed E-state index contributed by atoms with van der Waals surface area (Å²) in [5.74, 6) is -4.78. The zero-order valence-electron chi connectivity index (χ0n) is 8.75. The molecule has 0 aromatic heterocycles. The van der Waals surface area contributed by atoms with Gasteiger partial charge in [0.15, 0.2) is 0 Å². The Kier molecular flexibility index (Phi) is 3.33. The van der Waals surface area contributed by atoms with Gasteiger partial charge in [-0.1, -0.05) is 22.0 Å². The topological polar surface area (TPSA) is 38.3 Å². The molecule has 1 aliphatic rings. The summed E-state index contributed by atoms with van der Waals surface area (Å²) in [6.07, 6.45) is -1.34. The lowest BCUT2D eigenvalue weighted by Gasteiger charge is -2.11. The van der Waals surface area contributed by atoms with Crippen LogP contribution < -0.4 is 5.32 Å². The number of nitrogens with one attached hydrogen (secondary N) is 1. The zero-order chi connectivity index (χ0) is 12.5. The van der Waals surface area contributed by atoms with Crippen molar-refractivity contribution in [2.24, 2.45) is 0 Å². The summed E-state index contributed by atoms with van der Waals surface area (Å²) in [5, 5.41) is 2.95. The van der Waals surface area contributed by atoms with Crippen molar-refractivity contribution in [1.29, 1.82) is 0 Å². The van der Waals surface area contributed by atoms with Crippen molar-refractivity contribution in [2.45, 2.75) is 18.4 Å². The van der Waals surface area contributed by atoms with Gasteiger partial charge in [-0.2, -0.15) is 8.78 Å². The highest BCUT2D eigenvalue weighted by Crippen LogP contribution is 2.31. The molecule has 1 fully saturated rings. The van der Waals surface area contributed by atoms with Crippen LogP contribution in [-0.2, 0) is 9.53 Å². The van der Waals surface area contributed by atoms with Crippen LogP contribution in [0.5, 0.6) is 0 Å². The number of hydrogen-bond donors (Lipinski definition) is 1. The van der Waals surface area contributed by atoms with Gasteiger partial charge in [0.05, 0.1) is 13.0 Å². The Labute approximate surface area is 105 Å². The molecule has 1 unspecified atom stereocenters. The maximum Gasteiger partial charge on any atom is 0.377 e. The first kappa shape index (κ1) is 12.3. The zero-order valence-corrected chi connectivity index (χ0v) is 10.3. The number of rotatable bonds is 3. The largest absolute Gasteiger partial charge is 0.456 e. The van der Waals surface area contributed by atoms with Crippen LogP contribution in [0.15, 0.2) is 28.7 Å². The summed E-state index contributed by atoms with van der Waals surface area (Å²) in [7, 11) is 0. The minimum Gasteiger partial charge on any atom is -0.456 e. The third-order valence-electron chi connectivity index (χ3n) is 2.41. The van der Waals surface area contributed by atoms with Crippen LogP contribution in [-0.4, -0.2) is 24.5 Å². The Morgan fingerprint density at radius 3 is 2.88 bits per heavy atom. The molecule has 0 saturated carbocycles. The molecule has 0 aliphatic carbocycles. The average molecular weight is 306 g/mol.